The number of imidazole rings is 2. The number of thioether (sulfide) groups is 1. The minimum atomic E-state index is -3.51. The lowest BCUT2D eigenvalue weighted by Gasteiger charge is -2.12. The standard InChI is InChI=1S/C24H31N5O2S2/c1-6-13-28-22-12-11-18(33(30,31)27(4)5)14-20(22)25-23(28)16-32-24-26-19-9-7-8-10-21(19)29(24)15-17(2)3/h7-12,14,17H,6,13,15-16H2,1-5H3. The van der Waals surface area contributed by atoms with Crippen LogP contribution in [0.4, 0.5) is 0 Å². The monoisotopic (exact) mass is 485 g/mol. The molecule has 0 N–H and O–H groups in total. The van der Waals surface area contributed by atoms with Gasteiger partial charge in [-0.05, 0) is 42.7 Å². The number of rotatable bonds is 9. The van der Waals surface area contributed by atoms with E-state index in [1.54, 1.807) is 38.0 Å². The first-order chi connectivity index (χ1) is 15.7. The first-order valence-corrected chi connectivity index (χ1v) is 13.6. The largest absolute Gasteiger partial charge is 0.327 e. The van der Waals surface area contributed by atoms with Crippen molar-refractivity contribution < 1.29 is 8.42 Å². The number of aromatic nitrogens is 4. The fourth-order valence-corrected chi connectivity index (χ4v) is 5.84. The Morgan fingerprint density at radius 3 is 2.42 bits per heavy atom. The maximum atomic E-state index is 12.6. The van der Waals surface area contributed by atoms with Gasteiger partial charge in [0.2, 0.25) is 10.0 Å². The summed E-state index contributed by atoms with van der Waals surface area (Å²) in [5, 5.41) is 0.982. The highest BCUT2D eigenvalue weighted by Gasteiger charge is 2.20. The summed E-state index contributed by atoms with van der Waals surface area (Å²) < 4.78 is 30.9. The van der Waals surface area contributed by atoms with E-state index in [2.05, 4.69) is 48.1 Å². The second kappa shape index (κ2) is 9.48. The van der Waals surface area contributed by atoms with Gasteiger partial charge in [-0.2, -0.15) is 0 Å². The van der Waals surface area contributed by atoms with Crippen molar-refractivity contribution >= 4 is 43.9 Å². The Morgan fingerprint density at radius 2 is 1.73 bits per heavy atom. The van der Waals surface area contributed by atoms with E-state index in [4.69, 9.17) is 9.97 Å². The van der Waals surface area contributed by atoms with Crippen LogP contribution in [0.2, 0.25) is 0 Å². The van der Waals surface area contributed by atoms with Gasteiger partial charge in [-0.15, -0.1) is 0 Å². The van der Waals surface area contributed by atoms with Crippen molar-refractivity contribution in [2.45, 2.75) is 56.1 Å². The molecule has 2 aromatic carbocycles. The van der Waals surface area contributed by atoms with Crippen LogP contribution in [0, 0.1) is 5.92 Å². The third-order valence-electron chi connectivity index (χ3n) is 5.52. The zero-order chi connectivity index (χ0) is 23.8. The topological polar surface area (TPSA) is 73.0 Å². The fourth-order valence-electron chi connectivity index (χ4n) is 3.95. The molecular formula is C24H31N5O2S2. The molecule has 0 aliphatic heterocycles. The smallest absolute Gasteiger partial charge is 0.242 e. The molecular weight excluding hydrogens is 454 g/mol. The van der Waals surface area contributed by atoms with E-state index in [0.717, 1.165) is 47.0 Å². The quantitative estimate of drug-likeness (QED) is 0.312. The van der Waals surface area contributed by atoms with E-state index in [0.29, 0.717) is 17.2 Å². The van der Waals surface area contributed by atoms with Crippen molar-refractivity contribution in [3.05, 3.63) is 48.3 Å². The second-order valence-corrected chi connectivity index (χ2v) is 11.9. The first-order valence-electron chi connectivity index (χ1n) is 11.2. The van der Waals surface area contributed by atoms with Crippen LogP contribution in [0.5, 0.6) is 0 Å². The van der Waals surface area contributed by atoms with Gasteiger partial charge in [0, 0.05) is 27.2 Å². The van der Waals surface area contributed by atoms with Gasteiger partial charge < -0.3 is 9.13 Å². The number of sulfonamides is 1. The first kappa shape index (κ1) is 23.8. The minimum absolute atomic E-state index is 0.263. The van der Waals surface area contributed by atoms with Crippen LogP contribution in [-0.4, -0.2) is 45.9 Å². The molecule has 4 aromatic rings. The predicted octanol–water partition coefficient (Wildman–Crippen LogP) is 4.99. The number of fused-ring (bicyclic) bond motifs is 2. The van der Waals surface area contributed by atoms with E-state index in [1.165, 1.54) is 4.31 Å². The van der Waals surface area contributed by atoms with Crippen molar-refractivity contribution in [3.63, 3.8) is 0 Å². The number of hydrogen-bond acceptors (Lipinski definition) is 5. The number of hydrogen-bond donors (Lipinski definition) is 0. The van der Waals surface area contributed by atoms with Gasteiger partial charge in [0.25, 0.3) is 0 Å². The molecule has 0 spiro atoms. The summed E-state index contributed by atoms with van der Waals surface area (Å²) in [4.78, 5) is 9.99. The molecule has 0 fully saturated rings. The molecule has 2 heterocycles. The summed E-state index contributed by atoms with van der Waals surface area (Å²) >= 11 is 1.68. The second-order valence-electron chi connectivity index (χ2n) is 8.79. The molecule has 0 amide bonds. The Kier molecular flexibility index (Phi) is 6.83. The van der Waals surface area contributed by atoms with Crippen molar-refractivity contribution in [1.82, 2.24) is 23.4 Å². The third-order valence-corrected chi connectivity index (χ3v) is 8.31. The molecule has 33 heavy (non-hydrogen) atoms. The average Bonchev–Trinajstić information content (AvgIpc) is 3.29. The lowest BCUT2D eigenvalue weighted by Crippen LogP contribution is -2.22. The molecule has 0 aliphatic rings. The Balaban J connectivity index is 1.71. The Hall–Kier alpha value is -2.36. The van der Waals surface area contributed by atoms with Gasteiger partial charge in [-0.3, -0.25) is 0 Å². The zero-order valence-corrected chi connectivity index (χ0v) is 21.4. The van der Waals surface area contributed by atoms with Crippen LogP contribution < -0.4 is 0 Å². The number of benzene rings is 2. The Labute approximate surface area is 199 Å². The SMILES string of the molecule is CCCn1c(CSc2nc3ccccc3n2CC(C)C)nc2cc(S(=O)(=O)N(C)C)ccc21. The lowest BCUT2D eigenvalue weighted by atomic mass is 10.2. The van der Waals surface area contributed by atoms with Crippen molar-refractivity contribution in [2.75, 3.05) is 14.1 Å². The zero-order valence-electron chi connectivity index (χ0n) is 19.8. The van der Waals surface area contributed by atoms with E-state index in [-0.39, 0.29) is 4.90 Å². The van der Waals surface area contributed by atoms with E-state index < -0.39 is 10.0 Å². The summed E-state index contributed by atoms with van der Waals surface area (Å²) in [5.74, 6) is 2.09. The molecule has 0 radical (unpaired) electrons. The maximum Gasteiger partial charge on any atom is 0.242 e. The van der Waals surface area contributed by atoms with Crippen LogP contribution >= 0.6 is 11.8 Å². The van der Waals surface area contributed by atoms with Crippen LogP contribution in [0.3, 0.4) is 0 Å². The highest BCUT2D eigenvalue weighted by molar-refractivity contribution is 7.98. The highest BCUT2D eigenvalue weighted by Crippen LogP contribution is 2.30. The van der Waals surface area contributed by atoms with Gasteiger partial charge >= 0.3 is 0 Å². The minimum Gasteiger partial charge on any atom is -0.327 e. The summed E-state index contributed by atoms with van der Waals surface area (Å²) in [6.07, 6.45) is 0.965. The Morgan fingerprint density at radius 1 is 1.00 bits per heavy atom. The predicted molar refractivity (Wildman–Crippen MR) is 135 cm³/mol. The van der Waals surface area contributed by atoms with Gasteiger partial charge in [-0.1, -0.05) is 44.7 Å². The van der Waals surface area contributed by atoms with E-state index in [1.807, 2.05) is 12.1 Å². The molecule has 0 atom stereocenters. The normalized spacial score (nSPS) is 12.6. The fraction of sp³-hybridized carbons (Fsp3) is 0.417. The van der Waals surface area contributed by atoms with Gasteiger partial charge in [0.05, 0.1) is 32.7 Å². The molecule has 7 nitrogen and oxygen atoms in total. The van der Waals surface area contributed by atoms with Gasteiger partial charge in [-0.25, -0.2) is 22.7 Å². The van der Waals surface area contributed by atoms with Crippen LogP contribution in [-0.2, 0) is 28.9 Å². The van der Waals surface area contributed by atoms with Crippen molar-refractivity contribution in [2.24, 2.45) is 5.92 Å². The number of aryl methyl sites for hydroxylation is 1. The molecule has 0 unspecified atom stereocenters. The molecule has 0 bridgehead atoms. The summed E-state index contributed by atoms with van der Waals surface area (Å²) in [6.45, 7) is 8.29. The van der Waals surface area contributed by atoms with Gasteiger partial charge in [0.15, 0.2) is 5.16 Å². The molecule has 176 valence electrons. The molecule has 0 aliphatic carbocycles. The van der Waals surface area contributed by atoms with Crippen LogP contribution in [0.1, 0.15) is 33.0 Å². The number of para-hydroxylation sites is 2. The summed E-state index contributed by atoms with van der Waals surface area (Å²) in [5.41, 5.74) is 3.81. The summed E-state index contributed by atoms with van der Waals surface area (Å²) in [6, 6.07) is 13.5. The van der Waals surface area contributed by atoms with Gasteiger partial charge in [0.1, 0.15) is 5.82 Å². The van der Waals surface area contributed by atoms with Crippen LogP contribution in [0.25, 0.3) is 22.1 Å². The average molecular weight is 486 g/mol. The summed E-state index contributed by atoms with van der Waals surface area (Å²) in [7, 11) is -0.422. The molecule has 0 saturated heterocycles. The lowest BCUT2D eigenvalue weighted by molar-refractivity contribution is 0.505. The maximum absolute atomic E-state index is 12.6. The third kappa shape index (κ3) is 4.67. The van der Waals surface area contributed by atoms with E-state index >= 15 is 0 Å². The van der Waals surface area contributed by atoms with Crippen molar-refractivity contribution in [1.29, 1.82) is 0 Å². The number of nitrogens with zero attached hydrogens (tertiary/aromatic N) is 5. The molecule has 2 aromatic heterocycles. The van der Waals surface area contributed by atoms with Crippen LogP contribution in [0.15, 0.2) is 52.5 Å². The molecule has 9 heteroatoms. The van der Waals surface area contributed by atoms with E-state index in [9.17, 15) is 8.42 Å². The Bertz CT molecular complexity index is 1390. The highest BCUT2D eigenvalue weighted by atomic mass is 32.2. The van der Waals surface area contributed by atoms with Crippen molar-refractivity contribution in [3.8, 4) is 0 Å². The molecule has 0 saturated carbocycles. The molecule has 4 rings (SSSR count).